The number of aliphatic hydroxyl groups is 1. The molecule has 0 spiro atoms. The maximum absolute atomic E-state index is 12.3. The number of aromatic nitrogens is 2. The van der Waals surface area contributed by atoms with E-state index < -0.39 is 12.0 Å². The van der Waals surface area contributed by atoms with Gasteiger partial charge < -0.3 is 9.84 Å². The molecule has 0 saturated carbocycles. The summed E-state index contributed by atoms with van der Waals surface area (Å²) in [5.41, 5.74) is 0.591. The van der Waals surface area contributed by atoms with Gasteiger partial charge in [-0.05, 0) is 17.7 Å². The van der Waals surface area contributed by atoms with Crippen LogP contribution in [0.25, 0.3) is 0 Å². The first-order chi connectivity index (χ1) is 8.49. The first-order valence-electron chi connectivity index (χ1n) is 4.77. The number of benzene rings is 1. The van der Waals surface area contributed by atoms with Gasteiger partial charge in [-0.1, -0.05) is 12.1 Å². The molecule has 96 valence electrons. The Balaban J connectivity index is 2.16. The molecule has 0 unspecified atom stereocenters. The molecule has 1 aromatic heterocycles. The average molecular weight is 276 g/mol. The lowest BCUT2D eigenvalue weighted by Crippen LogP contribution is -2.06. The van der Waals surface area contributed by atoms with E-state index in [4.69, 9.17) is 9.84 Å². The van der Waals surface area contributed by atoms with Crippen LogP contribution in [0.1, 0.15) is 11.4 Å². The van der Waals surface area contributed by atoms with E-state index in [1.54, 1.807) is 18.2 Å². The molecule has 2 aromatic rings. The van der Waals surface area contributed by atoms with Crippen LogP contribution in [0.4, 0.5) is 13.2 Å². The minimum absolute atomic E-state index is 0.179. The minimum Gasteiger partial charge on any atom is -0.430 e. The molecule has 8 heteroatoms. The van der Waals surface area contributed by atoms with Crippen LogP contribution in [-0.2, 0) is 12.8 Å². The normalized spacial score (nSPS) is 11.6. The van der Waals surface area contributed by atoms with Crippen molar-refractivity contribution in [3.05, 3.63) is 35.7 Å². The van der Waals surface area contributed by atoms with Crippen molar-refractivity contribution in [3.8, 4) is 10.9 Å². The fourth-order valence-corrected chi connectivity index (χ4v) is 1.74. The Kier molecular flexibility index (Phi) is 3.48. The van der Waals surface area contributed by atoms with E-state index in [-0.39, 0.29) is 11.8 Å². The highest BCUT2D eigenvalue weighted by molar-refractivity contribution is 7.07. The third kappa shape index (κ3) is 2.96. The first kappa shape index (κ1) is 12.8. The molecule has 0 atom stereocenters. The summed E-state index contributed by atoms with van der Waals surface area (Å²) in [6.45, 7) is -0.179. The quantitative estimate of drug-likeness (QED) is 0.936. The second-order valence-electron chi connectivity index (χ2n) is 3.29. The van der Waals surface area contributed by atoms with Gasteiger partial charge in [0.1, 0.15) is 5.75 Å². The second kappa shape index (κ2) is 4.91. The lowest BCUT2D eigenvalue weighted by Gasteiger charge is -2.02. The maximum atomic E-state index is 12.3. The summed E-state index contributed by atoms with van der Waals surface area (Å²) in [6, 6.07) is 6.34. The zero-order chi connectivity index (χ0) is 13.2. The summed E-state index contributed by atoms with van der Waals surface area (Å²) in [4.78, 5) is 3.23. The Morgan fingerprint density at radius 1 is 1.33 bits per heavy atom. The Morgan fingerprint density at radius 3 is 2.72 bits per heavy atom. The van der Waals surface area contributed by atoms with Crippen LogP contribution in [0.2, 0.25) is 0 Å². The summed E-state index contributed by atoms with van der Waals surface area (Å²) in [5, 5.41) is 8.71. The van der Waals surface area contributed by atoms with Crippen LogP contribution in [0, 0.1) is 0 Å². The zero-order valence-electron chi connectivity index (χ0n) is 8.81. The lowest BCUT2D eigenvalue weighted by atomic mass is 10.2. The van der Waals surface area contributed by atoms with E-state index in [1.807, 2.05) is 0 Å². The van der Waals surface area contributed by atoms with Crippen LogP contribution in [0.3, 0.4) is 0 Å². The van der Waals surface area contributed by atoms with Gasteiger partial charge in [0.2, 0.25) is 0 Å². The van der Waals surface area contributed by atoms with Gasteiger partial charge in [-0.2, -0.15) is 22.5 Å². The van der Waals surface area contributed by atoms with Gasteiger partial charge in [0.25, 0.3) is 11.0 Å². The van der Waals surface area contributed by atoms with Crippen LogP contribution in [0.5, 0.6) is 10.9 Å². The molecule has 0 saturated heterocycles. The van der Waals surface area contributed by atoms with Crippen LogP contribution < -0.4 is 4.74 Å². The second-order valence-corrected chi connectivity index (χ2v) is 4.00. The van der Waals surface area contributed by atoms with Crippen molar-refractivity contribution in [3.63, 3.8) is 0 Å². The molecule has 1 N–H and O–H groups in total. The molecule has 18 heavy (non-hydrogen) atoms. The number of hydrogen-bond acceptors (Lipinski definition) is 5. The Hall–Kier alpha value is -1.67. The van der Waals surface area contributed by atoms with Crippen molar-refractivity contribution in [1.82, 2.24) is 9.36 Å². The molecule has 2 rings (SSSR count). The number of aliphatic hydroxyl groups excluding tert-OH is 1. The van der Waals surface area contributed by atoms with Crippen LogP contribution in [-0.4, -0.2) is 14.5 Å². The highest BCUT2D eigenvalue weighted by Crippen LogP contribution is 2.31. The molecule has 1 heterocycles. The van der Waals surface area contributed by atoms with Gasteiger partial charge in [0, 0.05) is 11.5 Å². The predicted octanol–water partition coefficient (Wildman–Crippen LogP) is 2.84. The van der Waals surface area contributed by atoms with Gasteiger partial charge in [0.15, 0.2) is 0 Å². The molecule has 0 aliphatic rings. The molecule has 0 aliphatic heterocycles. The fraction of sp³-hybridized carbons (Fsp3) is 0.200. The molecule has 0 amide bonds. The van der Waals surface area contributed by atoms with E-state index in [1.165, 1.54) is 6.07 Å². The van der Waals surface area contributed by atoms with Crippen molar-refractivity contribution < 1.29 is 23.0 Å². The highest BCUT2D eigenvalue weighted by Gasteiger charge is 2.36. The van der Waals surface area contributed by atoms with Gasteiger partial charge in [-0.25, -0.2) is 0 Å². The first-order valence-corrected chi connectivity index (χ1v) is 5.55. The maximum Gasteiger partial charge on any atom is 0.452 e. The molecule has 0 bridgehead atoms. The van der Waals surface area contributed by atoms with Crippen molar-refractivity contribution in [1.29, 1.82) is 0 Å². The van der Waals surface area contributed by atoms with Crippen LogP contribution in [0.15, 0.2) is 24.3 Å². The smallest absolute Gasteiger partial charge is 0.430 e. The van der Waals surface area contributed by atoms with E-state index in [0.717, 1.165) is 0 Å². The number of hydrogen-bond donors (Lipinski definition) is 1. The molecule has 0 fully saturated rings. The summed E-state index contributed by atoms with van der Waals surface area (Å²) in [5.74, 6) is -0.924. The summed E-state index contributed by atoms with van der Waals surface area (Å²) < 4.78 is 45.0. The van der Waals surface area contributed by atoms with Gasteiger partial charge in [-0.3, -0.25) is 0 Å². The van der Waals surface area contributed by atoms with E-state index >= 15 is 0 Å². The summed E-state index contributed by atoms with van der Waals surface area (Å²) in [6.07, 6.45) is -4.58. The standard InChI is InChI=1S/C10H7F3N2O2S/c11-10(12,13)8-14-9(18-15-8)17-7-3-1-2-6(4-7)5-16/h1-4,16H,5H2. The topological polar surface area (TPSA) is 55.2 Å². The number of alkyl halides is 3. The van der Waals surface area contributed by atoms with Crippen molar-refractivity contribution >= 4 is 11.5 Å². The molecule has 0 aliphatic carbocycles. The van der Waals surface area contributed by atoms with Crippen LogP contribution >= 0.6 is 11.5 Å². The van der Waals surface area contributed by atoms with Gasteiger partial charge >= 0.3 is 6.18 Å². The molecule has 4 nitrogen and oxygen atoms in total. The highest BCUT2D eigenvalue weighted by atomic mass is 32.1. The monoisotopic (exact) mass is 276 g/mol. The van der Waals surface area contributed by atoms with E-state index in [9.17, 15) is 13.2 Å². The molecule has 0 radical (unpaired) electrons. The molecular weight excluding hydrogens is 269 g/mol. The number of nitrogens with zero attached hydrogens (tertiary/aromatic N) is 2. The SMILES string of the molecule is OCc1cccc(Oc2nc(C(F)(F)F)ns2)c1. The lowest BCUT2D eigenvalue weighted by molar-refractivity contribution is -0.144. The van der Waals surface area contributed by atoms with E-state index in [0.29, 0.717) is 22.8 Å². The van der Waals surface area contributed by atoms with E-state index in [2.05, 4.69) is 9.36 Å². The van der Waals surface area contributed by atoms with Crippen molar-refractivity contribution in [2.75, 3.05) is 0 Å². The van der Waals surface area contributed by atoms with Gasteiger partial charge in [0.05, 0.1) is 6.61 Å². The fourth-order valence-electron chi connectivity index (χ4n) is 1.17. The summed E-state index contributed by atoms with van der Waals surface area (Å²) >= 11 is 0.519. The Morgan fingerprint density at radius 2 is 2.11 bits per heavy atom. The van der Waals surface area contributed by atoms with Crippen molar-refractivity contribution in [2.45, 2.75) is 12.8 Å². The third-order valence-corrected chi connectivity index (χ3v) is 2.54. The van der Waals surface area contributed by atoms with Gasteiger partial charge in [-0.15, -0.1) is 0 Å². The minimum atomic E-state index is -4.58. The third-order valence-electron chi connectivity index (χ3n) is 1.95. The largest absolute Gasteiger partial charge is 0.452 e. The van der Waals surface area contributed by atoms with Crippen molar-refractivity contribution in [2.24, 2.45) is 0 Å². The predicted molar refractivity (Wildman–Crippen MR) is 57.3 cm³/mol. The number of rotatable bonds is 3. The molecular formula is C10H7F3N2O2S. The Bertz CT molecular complexity index is 542. The molecule has 1 aromatic carbocycles. The summed E-state index contributed by atoms with van der Waals surface area (Å²) in [7, 11) is 0. The average Bonchev–Trinajstić information content (AvgIpc) is 2.77. The number of halogens is 3. The number of ether oxygens (including phenoxy) is 1. The Labute approximate surface area is 104 Å². The zero-order valence-corrected chi connectivity index (χ0v) is 9.63.